The number of nitrogens with zero attached hydrogens (tertiary/aromatic N) is 2. The molecule has 1 amide bonds. The Morgan fingerprint density at radius 3 is 2.56 bits per heavy atom. The summed E-state index contributed by atoms with van der Waals surface area (Å²) in [4.78, 5) is 19.5. The fourth-order valence-electron chi connectivity index (χ4n) is 3.08. The first kappa shape index (κ1) is 17.2. The van der Waals surface area contributed by atoms with E-state index >= 15 is 0 Å². The summed E-state index contributed by atoms with van der Waals surface area (Å²) in [6.45, 7) is 7.54. The number of aromatic nitrogens is 1. The zero-order valence-corrected chi connectivity index (χ0v) is 14.8. The van der Waals surface area contributed by atoms with Crippen molar-refractivity contribution in [2.75, 3.05) is 18.4 Å². The highest BCUT2D eigenvalue weighted by atomic mass is 16.3. The van der Waals surface area contributed by atoms with Crippen LogP contribution in [0.3, 0.4) is 0 Å². The molecule has 0 aliphatic heterocycles. The zero-order valence-electron chi connectivity index (χ0n) is 14.8. The Hall–Kier alpha value is -2.66. The van der Waals surface area contributed by atoms with Crippen molar-refractivity contribution < 1.29 is 9.21 Å². The van der Waals surface area contributed by atoms with Crippen LogP contribution in [0.25, 0.3) is 11.1 Å². The van der Waals surface area contributed by atoms with Crippen LogP contribution in [0.2, 0.25) is 0 Å². The van der Waals surface area contributed by atoms with Crippen molar-refractivity contribution in [3.8, 4) is 0 Å². The number of anilines is 1. The first-order chi connectivity index (χ1) is 12.1. The van der Waals surface area contributed by atoms with Crippen LogP contribution in [0.4, 0.5) is 5.69 Å². The minimum Gasteiger partial charge on any atom is -0.441 e. The molecule has 2 aromatic carbocycles. The molecule has 0 saturated heterocycles. The summed E-state index contributed by atoms with van der Waals surface area (Å²) < 4.78 is 5.49. The lowest BCUT2D eigenvalue weighted by Crippen LogP contribution is -2.37. The highest BCUT2D eigenvalue weighted by Crippen LogP contribution is 2.24. The van der Waals surface area contributed by atoms with Crippen molar-refractivity contribution >= 4 is 22.7 Å². The van der Waals surface area contributed by atoms with Crippen molar-refractivity contribution in [1.82, 2.24) is 9.88 Å². The Balaban J connectivity index is 1.88. The molecule has 5 heteroatoms. The van der Waals surface area contributed by atoms with Gasteiger partial charge in [-0.1, -0.05) is 44.2 Å². The monoisotopic (exact) mass is 337 g/mol. The third-order valence-electron chi connectivity index (χ3n) is 4.30. The number of rotatable bonds is 6. The van der Waals surface area contributed by atoms with E-state index in [0.717, 1.165) is 35.4 Å². The summed E-state index contributed by atoms with van der Waals surface area (Å²) in [5.74, 6) is 0.568. The minimum atomic E-state index is -0.328. The fourth-order valence-corrected chi connectivity index (χ4v) is 3.08. The Morgan fingerprint density at radius 2 is 1.88 bits per heavy atom. The standard InChI is InChI=1S/C20H23N3O2/c1-4-23(5-2)19(15-9-7-6-8-10-15)20(24)22-16-11-12-18-17(13-16)21-14(3)25-18/h6-13,19H,4-5H2,1-3H3,(H,22,24). The number of aryl methyl sites for hydroxylation is 1. The van der Waals surface area contributed by atoms with Crippen molar-refractivity contribution in [2.45, 2.75) is 26.8 Å². The molecule has 130 valence electrons. The SMILES string of the molecule is CCN(CC)C(C(=O)Nc1ccc2oc(C)nc2c1)c1ccccc1. The highest BCUT2D eigenvalue weighted by molar-refractivity contribution is 5.96. The molecular weight excluding hydrogens is 314 g/mol. The summed E-state index contributed by atoms with van der Waals surface area (Å²) in [6, 6.07) is 15.1. The predicted octanol–water partition coefficient (Wildman–Crippen LogP) is 4.16. The summed E-state index contributed by atoms with van der Waals surface area (Å²) in [7, 11) is 0. The molecule has 3 rings (SSSR count). The number of nitrogens with one attached hydrogen (secondary N) is 1. The van der Waals surface area contributed by atoms with Crippen LogP contribution >= 0.6 is 0 Å². The van der Waals surface area contributed by atoms with Crippen LogP contribution in [0.1, 0.15) is 31.3 Å². The van der Waals surface area contributed by atoms with E-state index in [0.29, 0.717) is 5.89 Å². The van der Waals surface area contributed by atoms with E-state index in [2.05, 4.69) is 29.0 Å². The van der Waals surface area contributed by atoms with Gasteiger partial charge in [0.1, 0.15) is 11.6 Å². The van der Waals surface area contributed by atoms with Gasteiger partial charge < -0.3 is 9.73 Å². The molecule has 0 bridgehead atoms. The molecule has 25 heavy (non-hydrogen) atoms. The van der Waals surface area contributed by atoms with E-state index in [1.54, 1.807) is 0 Å². The Labute approximate surface area is 147 Å². The number of amides is 1. The van der Waals surface area contributed by atoms with Gasteiger partial charge >= 0.3 is 0 Å². The second kappa shape index (κ2) is 7.49. The van der Waals surface area contributed by atoms with Crippen LogP contribution in [-0.4, -0.2) is 28.9 Å². The molecule has 3 aromatic rings. The second-order valence-electron chi connectivity index (χ2n) is 5.94. The molecular formula is C20H23N3O2. The normalized spacial score (nSPS) is 12.5. The quantitative estimate of drug-likeness (QED) is 0.734. The van der Waals surface area contributed by atoms with Crippen LogP contribution in [0, 0.1) is 6.92 Å². The van der Waals surface area contributed by atoms with Gasteiger partial charge in [-0.2, -0.15) is 0 Å². The number of fused-ring (bicyclic) bond motifs is 1. The van der Waals surface area contributed by atoms with Crippen molar-refractivity contribution in [1.29, 1.82) is 0 Å². The van der Waals surface area contributed by atoms with E-state index in [1.165, 1.54) is 0 Å². The molecule has 5 nitrogen and oxygen atoms in total. The molecule has 1 atom stereocenters. The van der Waals surface area contributed by atoms with Gasteiger partial charge in [-0.05, 0) is 36.9 Å². The van der Waals surface area contributed by atoms with E-state index in [-0.39, 0.29) is 11.9 Å². The van der Waals surface area contributed by atoms with E-state index in [4.69, 9.17) is 4.42 Å². The smallest absolute Gasteiger partial charge is 0.246 e. The maximum atomic E-state index is 13.0. The summed E-state index contributed by atoms with van der Waals surface area (Å²) in [5.41, 5.74) is 3.18. The summed E-state index contributed by atoms with van der Waals surface area (Å²) >= 11 is 0. The third-order valence-corrected chi connectivity index (χ3v) is 4.30. The molecule has 1 aromatic heterocycles. The first-order valence-electron chi connectivity index (χ1n) is 8.59. The number of carbonyl (C=O) groups is 1. The van der Waals surface area contributed by atoms with Gasteiger partial charge in [0.15, 0.2) is 11.5 Å². The van der Waals surface area contributed by atoms with Crippen LogP contribution in [0.15, 0.2) is 52.9 Å². The lowest BCUT2D eigenvalue weighted by atomic mass is 10.0. The van der Waals surface area contributed by atoms with Gasteiger partial charge in [0, 0.05) is 12.6 Å². The van der Waals surface area contributed by atoms with Gasteiger partial charge in [0.05, 0.1) is 0 Å². The number of benzene rings is 2. The van der Waals surface area contributed by atoms with Crippen molar-refractivity contribution in [3.63, 3.8) is 0 Å². The molecule has 1 heterocycles. The Bertz CT molecular complexity index is 854. The number of oxazole rings is 1. The van der Waals surface area contributed by atoms with Gasteiger partial charge in [-0.25, -0.2) is 4.98 Å². The lowest BCUT2D eigenvalue weighted by Gasteiger charge is -2.29. The maximum absolute atomic E-state index is 13.0. The molecule has 0 aliphatic rings. The average Bonchev–Trinajstić information content (AvgIpc) is 2.99. The van der Waals surface area contributed by atoms with Gasteiger partial charge in [-0.3, -0.25) is 9.69 Å². The van der Waals surface area contributed by atoms with Crippen LogP contribution in [-0.2, 0) is 4.79 Å². The van der Waals surface area contributed by atoms with E-state index in [1.807, 2.05) is 55.5 Å². The van der Waals surface area contributed by atoms with E-state index in [9.17, 15) is 4.79 Å². The first-order valence-corrected chi connectivity index (χ1v) is 8.59. The molecule has 1 N–H and O–H groups in total. The lowest BCUT2D eigenvalue weighted by molar-refractivity contribution is -0.121. The van der Waals surface area contributed by atoms with Gasteiger partial charge in [0.25, 0.3) is 0 Å². The summed E-state index contributed by atoms with van der Waals surface area (Å²) in [6.07, 6.45) is 0. The second-order valence-corrected chi connectivity index (χ2v) is 5.94. The van der Waals surface area contributed by atoms with Gasteiger partial charge in [-0.15, -0.1) is 0 Å². The van der Waals surface area contributed by atoms with Crippen LogP contribution in [0.5, 0.6) is 0 Å². The number of hydrogen-bond donors (Lipinski definition) is 1. The van der Waals surface area contributed by atoms with Crippen LogP contribution < -0.4 is 5.32 Å². The Morgan fingerprint density at radius 1 is 1.16 bits per heavy atom. The summed E-state index contributed by atoms with van der Waals surface area (Å²) in [5, 5.41) is 3.03. The number of carbonyl (C=O) groups excluding carboxylic acids is 1. The van der Waals surface area contributed by atoms with Gasteiger partial charge in [0.2, 0.25) is 5.91 Å². The minimum absolute atomic E-state index is 0.0468. The molecule has 1 unspecified atom stereocenters. The average molecular weight is 337 g/mol. The predicted molar refractivity (Wildman–Crippen MR) is 99.5 cm³/mol. The largest absolute Gasteiger partial charge is 0.441 e. The molecule has 0 aliphatic carbocycles. The zero-order chi connectivity index (χ0) is 17.8. The Kier molecular flexibility index (Phi) is 5.14. The van der Waals surface area contributed by atoms with Crippen molar-refractivity contribution in [2.24, 2.45) is 0 Å². The number of hydrogen-bond acceptors (Lipinski definition) is 4. The topological polar surface area (TPSA) is 58.4 Å². The molecule has 0 radical (unpaired) electrons. The maximum Gasteiger partial charge on any atom is 0.246 e. The van der Waals surface area contributed by atoms with E-state index < -0.39 is 0 Å². The van der Waals surface area contributed by atoms with Crippen molar-refractivity contribution in [3.05, 3.63) is 60.0 Å². The molecule has 0 spiro atoms. The number of likely N-dealkylation sites (N-methyl/N-ethyl adjacent to an activating group) is 1. The fraction of sp³-hybridized carbons (Fsp3) is 0.300. The third kappa shape index (κ3) is 3.72. The molecule has 0 saturated carbocycles. The molecule has 0 fully saturated rings. The highest BCUT2D eigenvalue weighted by Gasteiger charge is 2.25.